The van der Waals surface area contributed by atoms with Crippen LogP contribution >= 0.6 is 0 Å². The summed E-state index contributed by atoms with van der Waals surface area (Å²) in [4.78, 5) is 14.2. The van der Waals surface area contributed by atoms with Gasteiger partial charge in [0.1, 0.15) is 5.41 Å². The molecule has 0 aromatic heterocycles. The summed E-state index contributed by atoms with van der Waals surface area (Å²) in [5, 5.41) is 21.6. The molecule has 0 radical (unpaired) electrons. The first-order chi connectivity index (χ1) is 8.33. The predicted octanol–water partition coefficient (Wildman–Crippen LogP) is 0.132. The van der Waals surface area contributed by atoms with Crippen LogP contribution in [0.4, 0.5) is 0 Å². The lowest BCUT2D eigenvalue weighted by atomic mass is 9.80. The minimum absolute atomic E-state index is 0.0106. The van der Waals surface area contributed by atoms with Crippen LogP contribution in [0, 0.1) is 10.8 Å². The Hall–Kier alpha value is -1.30. The van der Waals surface area contributed by atoms with E-state index in [2.05, 4.69) is 5.16 Å². The van der Waals surface area contributed by atoms with Crippen LogP contribution in [-0.4, -0.2) is 46.1 Å². The molecule has 2 aliphatic rings. The third kappa shape index (κ3) is 1.94. The van der Waals surface area contributed by atoms with Crippen molar-refractivity contribution in [2.75, 3.05) is 13.1 Å². The largest absolute Gasteiger partial charge is 0.409 e. The molecular weight excluding hydrogens is 234 g/mol. The summed E-state index contributed by atoms with van der Waals surface area (Å²) in [5.41, 5.74) is 4.52. The third-order valence-corrected chi connectivity index (χ3v) is 4.22. The van der Waals surface area contributed by atoms with Gasteiger partial charge >= 0.3 is 0 Å². The molecule has 0 spiro atoms. The van der Waals surface area contributed by atoms with Crippen molar-refractivity contribution in [2.24, 2.45) is 21.7 Å². The van der Waals surface area contributed by atoms with Gasteiger partial charge in [-0.15, -0.1) is 0 Å². The number of hydrogen-bond donors (Lipinski definition) is 3. The van der Waals surface area contributed by atoms with Crippen molar-refractivity contribution in [2.45, 2.75) is 39.2 Å². The van der Waals surface area contributed by atoms with E-state index in [0.29, 0.717) is 32.4 Å². The number of amidine groups is 1. The fourth-order valence-electron chi connectivity index (χ4n) is 2.62. The summed E-state index contributed by atoms with van der Waals surface area (Å²) in [7, 11) is 0. The van der Waals surface area contributed by atoms with Crippen LogP contribution in [0.2, 0.25) is 0 Å². The van der Waals surface area contributed by atoms with Crippen LogP contribution in [0.3, 0.4) is 0 Å². The molecule has 1 aliphatic carbocycles. The highest BCUT2D eigenvalue weighted by molar-refractivity contribution is 6.09. The molecule has 2 rings (SSSR count). The topological polar surface area (TPSA) is 99.2 Å². The van der Waals surface area contributed by atoms with E-state index in [1.165, 1.54) is 0 Å². The van der Waals surface area contributed by atoms with Crippen LogP contribution in [0.5, 0.6) is 0 Å². The molecule has 2 fully saturated rings. The van der Waals surface area contributed by atoms with E-state index < -0.39 is 5.41 Å². The summed E-state index contributed by atoms with van der Waals surface area (Å²) in [6.45, 7) is 4.93. The molecule has 1 saturated heterocycles. The van der Waals surface area contributed by atoms with Crippen molar-refractivity contribution in [3.05, 3.63) is 0 Å². The number of hydrogen-bond acceptors (Lipinski definition) is 4. The second-order valence-electron chi connectivity index (χ2n) is 6.09. The molecule has 6 nitrogen and oxygen atoms in total. The monoisotopic (exact) mass is 255 g/mol. The number of aliphatic hydroxyl groups is 1. The molecule has 0 aromatic carbocycles. The van der Waals surface area contributed by atoms with Gasteiger partial charge in [-0.2, -0.15) is 0 Å². The van der Waals surface area contributed by atoms with Gasteiger partial charge in [0.2, 0.25) is 5.91 Å². The van der Waals surface area contributed by atoms with Gasteiger partial charge < -0.3 is 20.9 Å². The lowest BCUT2D eigenvalue weighted by Crippen LogP contribution is -2.54. The number of carbonyl (C=O) groups is 1. The Morgan fingerprint density at radius 2 is 2.06 bits per heavy atom. The summed E-state index contributed by atoms with van der Waals surface area (Å²) < 4.78 is 0. The van der Waals surface area contributed by atoms with E-state index in [-0.39, 0.29) is 23.3 Å². The second-order valence-corrected chi connectivity index (χ2v) is 6.09. The van der Waals surface area contributed by atoms with E-state index in [0.717, 1.165) is 0 Å². The Labute approximate surface area is 106 Å². The highest BCUT2D eigenvalue weighted by Crippen LogP contribution is 2.48. The van der Waals surface area contributed by atoms with E-state index >= 15 is 0 Å². The quantitative estimate of drug-likeness (QED) is 0.283. The molecule has 4 N–H and O–H groups in total. The van der Waals surface area contributed by atoms with Crippen LogP contribution in [0.1, 0.15) is 33.1 Å². The fraction of sp³-hybridized carbons (Fsp3) is 0.833. The van der Waals surface area contributed by atoms with Crippen LogP contribution in [0.25, 0.3) is 0 Å². The normalized spacial score (nSPS) is 30.1. The van der Waals surface area contributed by atoms with Crippen molar-refractivity contribution in [3.8, 4) is 0 Å². The first-order valence-corrected chi connectivity index (χ1v) is 6.29. The van der Waals surface area contributed by atoms with Crippen LogP contribution in [-0.2, 0) is 4.79 Å². The molecular formula is C12H21N3O3. The molecule has 1 aliphatic heterocycles. The number of rotatable bonds is 2. The second kappa shape index (κ2) is 4.12. The molecule has 1 atom stereocenters. The maximum absolute atomic E-state index is 12.4. The van der Waals surface area contributed by atoms with Gasteiger partial charge in [0, 0.05) is 18.5 Å². The lowest BCUT2D eigenvalue weighted by molar-refractivity contribution is -0.141. The van der Waals surface area contributed by atoms with Gasteiger partial charge in [-0.25, -0.2) is 0 Å². The number of oxime groups is 1. The molecule has 1 heterocycles. The van der Waals surface area contributed by atoms with Gasteiger partial charge in [-0.1, -0.05) is 19.0 Å². The molecule has 1 amide bonds. The number of piperidine rings is 1. The molecule has 102 valence electrons. The summed E-state index contributed by atoms with van der Waals surface area (Å²) in [6.07, 6.45) is 1.47. The van der Waals surface area contributed by atoms with E-state index in [9.17, 15) is 9.90 Å². The smallest absolute Gasteiger partial charge is 0.236 e. The number of likely N-dealkylation sites (tertiary alicyclic amines) is 1. The minimum atomic E-state index is -0.785. The van der Waals surface area contributed by atoms with E-state index in [4.69, 9.17) is 10.9 Å². The standard InChI is InChI=1S/C12H21N3O3/c1-11(2)7-15(6-3-8(11)16)10(17)12(4-5-12)9(13)14-18/h8,16,18H,3-7H2,1-2H3,(H2,13,14). The number of nitrogens with two attached hydrogens (primary N) is 1. The summed E-state index contributed by atoms with van der Waals surface area (Å²) in [6, 6.07) is 0. The van der Waals surface area contributed by atoms with Crippen molar-refractivity contribution in [1.82, 2.24) is 4.90 Å². The molecule has 1 unspecified atom stereocenters. The Kier molecular flexibility index (Phi) is 3.01. The highest BCUT2D eigenvalue weighted by Gasteiger charge is 2.56. The number of aliphatic hydroxyl groups excluding tert-OH is 1. The average Bonchev–Trinajstić information content (AvgIpc) is 3.12. The van der Waals surface area contributed by atoms with Gasteiger partial charge in [0.25, 0.3) is 0 Å². The van der Waals surface area contributed by atoms with E-state index in [1.54, 1.807) is 4.90 Å². The first-order valence-electron chi connectivity index (χ1n) is 6.29. The van der Waals surface area contributed by atoms with E-state index in [1.807, 2.05) is 13.8 Å². The van der Waals surface area contributed by atoms with Gasteiger partial charge in [-0.05, 0) is 19.3 Å². The molecule has 0 aromatic rings. The Bertz CT molecular complexity index is 388. The van der Waals surface area contributed by atoms with Gasteiger partial charge in [0.05, 0.1) is 6.10 Å². The van der Waals surface area contributed by atoms with Crippen LogP contribution in [0.15, 0.2) is 5.16 Å². The lowest BCUT2D eigenvalue weighted by Gasteiger charge is -2.42. The zero-order chi connectivity index (χ0) is 13.6. The summed E-state index contributed by atoms with van der Waals surface area (Å²) in [5.74, 6) is -0.0609. The third-order valence-electron chi connectivity index (χ3n) is 4.22. The Morgan fingerprint density at radius 1 is 1.44 bits per heavy atom. The average molecular weight is 255 g/mol. The molecule has 0 bridgehead atoms. The maximum atomic E-state index is 12.4. The minimum Gasteiger partial charge on any atom is -0.409 e. The fourth-order valence-corrected chi connectivity index (χ4v) is 2.62. The van der Waals surface area contributed by atoms with Gasteiger partial charge in [0.15, 0.2) is 5.84 Å². The Balaban J connectivity index is 2.12. The van der Waals surface area contributed by atoms with Crippen molar-refractivity contribution >= 4 is 11.7 Å². The molecule has 1 saturated carbocycles. The van der Waals surface area contributed by atoms with Crippen molar-refractivity contribution < 1.29 is 15.1 Å². The Morgan fingerprint density at radius 3 is 2.50 bits per heavy atom. The first kappa shape index (κ1) is 13.1. The summed E-state index contributed by atoms with van der Waals surface area (Å²) >= 11 is 0. The van der Waals surface area contributed by atoms with Crippen LogP contribution < -0.4 is 5.73 Å². The highest BCUT2D eigenvalue weighted by atomic mass is 16.4. The SMILES string of the molecule is CC1(C)CN(C(=O)C2(C(N)=NO)CC2)CCC1O. The maximum Gasteiger partial charge on any atom is 0.236 e. The number of nitrogens with zero attached hydrogens (tertiary/aromatic N) is 2. The molecule has 18 heavy (non-hydrogen) atoms. The van der Waals surface area contributed by atoms with Crippen molar-refractivity contribution in [1.29, 1.82) is 0 Å². The predicted molar refractivity (Wildman–Crippen MR) is 66.1 cm³/mol. The zero-order valence-corrected chi connectivity index (χ0v) is 10.9. The zero-order valence-electron chi connectivity index (χ0n) is 10.9. The molecule has 6 heteroatoms. The van der Waals surface area contributed by atoms with Gasteiger partial charge in [-0.3, -0.25) is 4.79 Å². The number of amides is 1. The number of carbonyl (C=O) groups excluding carboxylic acids is 1. The van der Waals surface area contributed by atoms with Crippen molar-refractivity contribution in [3.63, 3.8) is 0 Å².